The van der Waals surface area contributed by atoms with Crippen LogP contribution in [0.3, 0.4) is 0 Å². The molecule has 36 heavy (non-hydrogen) atoms. The summed E-state index contributed by atoms with van der Waals surface area (Å²) in [6.45, 7) is 10.5. The standard InChI is InChI=1S/C29H40O7/c1-17-12-13-28(5,6)24(32)15-23(31)18(2)14-22-25(36-27(33)21-10-8-7-9-11-21)19(3)16-29(22,34)26(17)35-20(4)30/h7-14,17,19,22-26,31-32,34H,15-16H2,1-6H3. The van der Waals surface area contributed by atoms with Crippen LogP contribution in [0.25, 0.3) is 0 Å². The Kier molecular flexibility index (Phi) is 8.48. The number of carbonyl (C=O) groups is 2. The van der Waals surface area contributed by atoms with Crippen molar-refractivity contribution >= 4 is 11.9 Å². The molecule has 8 unspecified atom stereocenters. The minimum Gasteiger partial charge on any atom is -0.459 e. The van der Waals surface area contributed by atoms with Crippen LogP contribution in [0.4, 0.5) is 0 Å². The van der Waals surface area contributed by atoms with Crippen LogP contribution in [0, 0.1) is 23.2 Å². The molecule has 0 bridgehead atoms. The second kappa shape index (κ2) is 10.9. The monoisotopic (exact) mass is 500 g/mol. The van der Waals surface area contributed by atoms with Crippen LogP contribution in [-0.2, 0) is 14.3 Å². The fourth-order valence-corrected chi connectivity index (χ4v) is 5.46. The molecule has 1 aromatic rings. The number of hydrogen-bond donors (Lipinski definition) is 3. The molecule has 3 N–H and O–H groups in total. The Morgan fingerprint density at radius 1 is 1.06 bits per heavy atom. The van der Waals surface area contributed by atoms with E-state index in [4.69, 9.17) is 9.47 Å². The van der Waals surface area contributed by atoms with E-state index in [0.717, 1.165) is 0 Å². The molecule has 0 heterocycles. The second-order valence-electron chi connectivity index (χ2n) is 11.2. The van der Waals surface area contributed by atoms with Crippen molar-refractivity contribution in [1.82, 2.24) is 0 Å². The summed E-state index contributed by atoms with van der Waals surface area (Å²) in [5.41, 5.74) is -1.28. The van der Waals surface area contributed by atoms with Crippen molar-refractivity contribution in [2.75, 3.05) is 0 Å². The average Bonchev–Trinajstić information content (AvgIpc) is 3.05. The minimum absolute atomic E-state index is 0.108. The Bertz CT molecular complexity index is 998. The molecule has 3 rings (SSSR count). The van der Waals surface area contributed by atoms with Gasteiger partial charge in [0.05, 0.1) is 17.8 Å². The van der Waals surface area contributed by atoms with Crippen molar-refractivity contribution in [3.05, 3.63) is 59.7 Å². The van der Waals surface area contributed by atoms with E-state index in [1.807, 2.05) is 45.9 Å². The summed E-state index contributed by atoms with van der Waals surface area (Å²) in [5, 5.41) is 34.0. The number of hydrogen-bond acceptors (Lipinski definition) is 7. The highest BCUT2D eigenvalue weighted by molar-refractivity contribution is 5.89. The Morgan fingerprint density at radius 2 is 1.69 bits per heavy atom. The zero-order valence-corrected chi connectivity index (χ0v) is 22.0. The van der Waals surface area contributed by atoms with E-state index < -0.39 is 59.2 Å². The summed E-state index contributed by atoms with van der Waals surface area (Å²) in [6.07, 6.45) is 2.28. The SMILES string of the molecule is CC(=O)OC1C(C)C=CC(C)(C)C(O)CC(O)C(C)=CC2C(OC(=O)c3ccccc3)C(C)CC21O. The predicted molar refractivity (Wildman–Crippen MR) is 136 cm³/mol. The average molecular weight is 501 g/mol. The molecule has 8 atom stereocenters. The fourth-order valence-electron chi connectivity index (χ4n) is 5.46. The summed E-state index contributed by atoms with van der Waals surface area (Å²) in [6, 6.07) is 8.63. The predicted octanol–water partition coefficient (Wildman–Crippen LogP) is 3.82. The number of aliphatic hydroxyl groups is 3. The maximum Gasteiger partial charge on any atom is 0.338 e. The lowest BCUT2D eigenvalue weighted by Gasteiger charge is -2.40. The van der Waals surface area contributed by atoms with E-state index >= 15 is 0 Å². The van der Waals surface area contributed by atoms with Crippen molar-refractivity contribution in [2.45, 2.75) is 84.4 Å². The third kappa shape index (κ3) is 5.90. The van der Waals surface area contributed by atoms with E-state index in [2.05, 4.69) is 0 Å². The van der Waals surface area contributed by atoms with E-state index in [1.165, 1.54) is 6.92 Å². The normalized spacial score (nSPS) is 36.6. The molecule has 198 valence electrons. The van der Waals surface area contributed by atoms with Gasteiger partial charge in [-0.05, 0) is 37.0 Å². The van der Waals surface area contributed by atoms with Gasteiger partial charge in [0.1, 0.15) is 17.8 Å². The van der Waals surface area contributed by atoms with Gasteiger partial charge in [-0.1, -0.05) is 64.1 Å². The third-order valence-corrected chi connectivity index (χ3v) is 7.76. The molecule has 7 heteroatoms. The highest BCUT2D eigenvalue weighted by Gasteiger charge is 2.58. The van der Waals surface area contributed by atoms with Gasteiger partial charge in [0.2, 0.25) is 0 Å². The van der Waals surface area contributed by atoms with Crippen LogP contribution in [0.1, 0.15) is 64.7 Å². The second-order valence-corrected chi connectivity index (χ2v) is 11.2. The van der Waals surface area contributed by atoms with Gasteiger partial charge >= 0.3 is 11.9 Å². The molecule has 7 nitrogen and oxygen atoms in total. The smallest absolute Gasteiger partial charge is 0.338 e. The Morgan fingerprint density at radius 3 is 2.31 bits per heavy atom. The van der Waals surface area contributed by atoms with Gasteiger partial charge in [0.25, 0.3) is 0 Å². The topological polar surface area (TPSA) is 113 Å². The maximum absolute atomic E-state index is 13.0. The van der Waals surface area contributed by atoms with Gasteiger partial charge in [0, 0.05) is 30.6 Å². The minimum atomic E-state index is -1.56. The van der Waals surface area contributed by atoms with E-state index in [-0.39, 0.29) is 18.8 Å². The van der Waals surface area contributed by atoms with E-state index in [0.29, 0.717) is 11.1 Å². The lowest BCUT2D eigenvalue weighted by Crippen LogP contribution is -2.52. The van der Waals surface area contributed by atoms with Crippen molar-refractivity contribution in [1.29, 1.82) is 0 Å². The highest BCUT2D eigenvalue weighted by atomic mass is 16.6. The van der Waals surface area contributed by atoms with Crippen molar-refractivity contribution in [2.24, 2.45) is 23.2 Å². The van der Waals surface area contributed by atoms with Gasteiger partial charge in [0.15, 0.2) is 0 Å². The Labute approximate surface area is 213 Å². The first-order valence-corrected chi connectivity index (χ1v) is 12.7. The Hall–Kier alpha value is -2.48. The number of fused-ring (bicyclic) bond motifs is 1. The summed E-state index contributed by atoms with van der Waals surface area (Å²) in [5.74, 6) is -2.45. The van der Waals surface area contributed by atoms with Crippen LogP contribution in [-0.4, -0.2) is 57.3 Å². The van der Waals surface area contributed by atoms with Crippen LogP contribution < -0.4 is 0 Å². The number of ether oxygens (including phenoxy) is 2. The number of aliphatic hydroxyl groups excluding tert-OH is 2. The molecular weight excluding hydrogens is 460 g/mol. The number of rotatable bonds is 3. The zero-order valence-electron chi connectivity index (χ0n) is 22.0. The first-order chi connectivity index (χ1) is 16.8. The van der Waals surface area contributed by atoms with E-state index in [9.17, 15) is 24.9 Å². The number of benzene rings is 1. The summed E-state index contributed by atoms with van der Waals surface area (Å²) < 4.78 is 11.7. The summed E-state index contributed by atoms with van der Waals surface area (Å²) >= 11 is 0. The quantitative estimate of drug-likeness (QED) is 0.427. The highest BCUT2D eigenvalue weighted by Crippen LogP contribution is 2.48. The molecule has 0 aromatic heterocycles. The molecule has 0 aliphatic heterocycles. The van der Waals surface area contributed by atoms with Crippen LogP contribution >= 0.6 is 0 Å². The van der Waals surface area contributed by atoms with Gasteiger partial charge in [-0.25, -0.2) is 4.79 Å². The van der Waals surface area contributed by atoms with Gasteiger partial charge in [-0.15, -0.1) is 0 Å². The van der Waals surface area contributed by atoms with Gasteiger partial charge in [-0.2, -0.15) is 0 Å². The maximum atomic E-state index is 13.0. The Balaban J connectivity index is 2.10. The first-order valence-electron chi connectivity index (χ1n) is 12.7. The largest absolute Gasteiger partial charge is 0.459 e. The van der Waals surface area contributed by atoms with Crippen molar-refractivity contribution < 1.29 is 34.4 Å². The van der Waals surface area contributed by atoms with Crippen molar-refractivity contribution in [3.8, 4) is 0 Å². The molecule has 2 aliphatic rings. The zero-order chi connectivity index (χ0) is 26.8. The fraction of sp³-hybridized carbons (Fsp3) is 0.586. The van der Waals surface area contributed by atoms with Gasteiger partial charge in [-0.3, -0.25) is 4.79 Å². The lowest BCUT2D eigenvalue weighted by molar-refractivity contribution is -0.173. The molecule has 0 spiro atoms. The molecule has 0 saturated heterocycles. The molecule has 1 saturated carbocycles. The molecule has 0 radical (unpaired) electrons. The van der Waals surface area contributed by atoms with Crippen LogP contribution in [0.5, 0.6) is 0 Å². The molecule has 1 fully saturated rings. The van der Waals surface area contributed by atoms with Crippen LogP contribution in [0.15, 0.2) is 54.1 Å². The first kappa shape index (κ1) is 28.1. The summed E-state index contributed by atoms with van der Waals surface area (Å²) in [7, 11) is 0. The van der Waals surface area contributed by atoms with Crippen molar-refractivity contribution in [3.63, 3.8) is 0 Å². The number of esters is 2. The third-order valence-electron chi connectivity index (χ3n) is 7.76. The molecule has 1 aromatic carbocycles. The summed E-state index contributed by atoms with van der Waals surface area (Å²) in [4.78, 5) is 25.1. The molecule has 0 amide bonds. The lowest BCUT2D eigenvalue weighted by atomic mass is 9.75. The molecular formula is C29H40O7. The molecule has 2 aliphatic carbocycles. The number of carbonyl (C=O) groups excluding carboxylic acids is 2. The van der Waals surface area contributed by atoms with E-state index in [1.54, 1.807) is 37.3 Å². The van der Waals surface area contributed by atoms with Crippen LogP contribution in [0.2, 0.25) is 0 Å². The van der Waals surface area contributed by atoms with Gasteiger partial charge < -0.3 is 24.8 Å².